The van der Waals surface area contributed by atoms with Crippen molar-refractivity contribution in [2.45, 2.75) is 38.1 Å². The van der Waals surface area contributed by atoms with E-state index in [9.17, 15) is 9.59 Å². The zero-order valence-corrected chi connectivity index (χ0v) is 10.9. The van der Waals surface area contributed by atoms with Crippen molar-refractivity contribution < 1.29 is 14.7 Å². The van der Waals surface area contributed by atoms with Gasteiger partial charge in [0.05, 0.1) is 5.92 Å². The molecular formula is C13H17NO3S. The molecule has 1 aliphatic carbocycles. The van der Waals surface area contributed by atoms with E-state index >= 15 is 0 Å². The fourth-order valence-corrected chi connectivity index (χ4v) is 3.04. The van der Waals surface area contributed by atoms with Crippen molar-refractivity contribution in [3.63, 3.8) is 0 Å². The molecule has 2 rings (SSSR count). The van der Waals surface area contributed by atoms with Crippen LogP contribution in [0.5, 0.6) is 0 Å². The Labute approximate surface area is 110 Å². The van der Waals surface area contributed by atoms with Gasteiger partial charge in [-0.1, -0.05) is 6.07 Å². The minimum Gasteiger partial charge on any atom is -0.481 e. The Hall–Kier alpha value is -1.36. The molecule has 0 unspecified atom stereocenters. The van der Waals surface area contributed by atoms with Gasteiger partial charge < -0.3 is 10.4 Å². The molecule has 1 aromatic heterocycles. The van der Waals surface area contributed by atoms with E-state index in [0.717, 1.165) is 12.8 Å². The van der Waals surface area contributed by atoms with Crippen LogP contribution in [0, 0.1) is 5.92 Å². The highest BCUT2D eigenvalue weighted by Crippen LogP contribution is 2.25. The summed E-state index contributed by atoms with van der Waals surface area (Å²) in [5.74, 6) is -1.00. The van der Waals surface area contributed by atoms with E-state index in [2.05, 4.69) is 5.32 Å². The van der Waals surface area contributed by atoms with Gasteiger partial charge in [0, 0.05) is 17.3 Å². The number of carboxylic acid groups (broad SMARTS) is 1. The molecule has 1 aromatic rings. The van der Waals surface area contributed by atoms with Crippen LogP contribution in [0.25, 0.3) is 0 Å². The van der Waals surface area contributed by atoms with E-state index in [1.54, 1.807) is 11.3 Å². The minimum absolute atomic E-state index is 0.0273. The van der Waals surface area contributed by atoms with Crippen LogP contribution in [0.15, 0.2) is 17.5 Å². The number of aliphatic carboxylic acids is 1. The molecule has 0 spiro atoms. The van der Waals surface area contributed by atoms with E-state index in [4.69, 9.17) is 5.11 Å². The minimum atomic E-state index is -0.745. The number of nitrogens with one attached hydrogen (secondary N) is 1. The van der Waals surface area contributed by atoms with Crippen molar-refractivity contribution in [1.82, 2.24) is 5.32 Å². The summed E-state index contributed by atoms with van der Waals surface area (Å²) in [5.41, 5.74) is 0. The Balaban J connectivity index is 1.70. The monoisotopic (exact) mass is 267 g/mol. The summed E-state index contributed by atoms with van der Waals surface area (Å²) in [6, 6.07) is 4.04. The summed E-state index contributed by atoms with van der Waals surface area (Å²) in [7, 11) is 0. The van der Waals surface area contributed by atoms with Crippen LogP contribution in [0.2, 0.25) is 0 Å². The maximum absolute atomic E-state index is 11.7. The van der Waals surface area contributed by atoms with Crippen molar-refractivity contribution in [2.75, 3.05) is 0 Å². The molecular weight excluding hydrogens is 250 g/mol. The van der Waals surface area contributed by atoms with Crippen LogP contribution in [0.4, 0.5) is 0 Å². The van der Waals surface area contributed by atoms with Crippen molar-refractivity contribution in [3.8, 4) is 0 Å². The summed E-state index contributed by atoms with van der Waals surface area (Å²) < 4.78 is 0. The van der Waals surface area contributed by atoms with Crippen molar-refractivity contribution >= 4 is 23.2 Å². The maximum Gasteiger partial charge on any atom is 0.306 e. The summed E-state index contributed by atoms with van der Waals surface area (Å²) in [6.07, 6.45) is 3.26. The molecule has 1 amide bonds. The first kappa shape index (κ1) is 13.1. The van der Waals surface area contributed by atoms with Gasteiger partial charge in [0.25, 0.3) is 0 Å². The third kappa shape index (κ3) is 3.57. The number of hydrogen-bond acceptors (Lipinski definition) is 3. The molecule has 4 nitrogen and oxygen atoms in total. The highest BCUT2D eigenvalue weighted by atomic mass is 32.1. The fraction of sp³-hybridized carbons (Fsp3) is 0.538. The molecule has 1 heterocycles. The number of thiophene rings is 1. The van der Waals surface area contributed by atoms with Gasteiger partial charge in [0.1, 0.15) is 0 Å². The first-order valence-electron chi connectivity index (χ1n) is 6.19. The predicted octanol–water partition coefficient (Wildman–Crippen LogP) is 2.05. The van der Waals surface area contributed by atoms with Gasteiger partial charge in [-0.25, -0.2) is 0 Å². The van der Waals surface area contributed by atoms with Gasteiger partial charge in [-0.3, -0.25) is 9.59 Å². The second-order valence-corrected chi connectivity index (χ2v) is 5.72. The van der Waals surface area contributed by atoms with Crippen LogP contribution in [-0.4, -0.2) is 23.0 Å². The zero-order chi connectivity index (χ0) is 13.0. The average molecular weight is 267 g/mol. The lowest BCUT2D eigenvalue weighted by Crippen LogP contribution is -2.33. The summed E-state index contributed by atoms with van der Waals surface area (Å²) in [5, 5.41) is 13.8. The van der Waals surface area contributed by atoms with Crippen LogP contribution in [0.3, 0.4) is 0 Å². The second kappa shape index (κ2) is 6.00. The number of aryl methyl sites for hydroxylation is 1. The molecule has 0 aliphatic heterocycles. The molecule has 1 fully saturated rings. The van der Waals surface area contributed by atoms with E-state index in [1.807, 2.05) is 17.5 Å². The number of amides is 1. The molecule has 2 atom stereocenters. The largest absolute Gasteiger partial charge is 0.481 e. The topological polar surface area (TPSA) is 66.4 Å². The van der Waals surface area contributed by atoms with Crippen LogP contribution in [-0.2, 0) is 16.0 Å². The number of carbonyl (C=O) groups is 2. The Morgan fingerprint density at radius 2 is 2.28 bits per heavy atom. The lowest BCUT2D eigenvalue weighted by molar-refractivity contribution is -0.141. The van der Waals surface area contributed by atoms with Crippen LogP contribution < -0.4 is 5.32 Å². The molecule has 1 saturated carbocycles. The van der Waals surface area contributed by atoms with Gasteiger partial charge in [0.2, 0.25) is 5.91 Å². The van der Waals surface area contributed by atoms with Gasteiger partial charge >= 0.3 is 5.97 Å². The first-order chi connectivity index (χ1) is 8.65. The maximum atomic E-state index is 11.7. The van der Waals surface area contributed by atoms with Gasteiger partial charge in [-0.2, -0.15) is 0 Å². The Kier molecular flexibility index (Phi) is 4.36. The van der Waals surface area contributed by atoms with Crippen LogP contribution >= 0.6 is 11.3 Å². The quantitative estimate of drug-likeness (QED) is 0.858. The number of carboxylic acids is 1. The molecule has 0 radical (unpaired) electrons. The lowest BCUT2D eigenvalue weighted by Gasteiger charge is -2.12. The Bertz CT molecular complexity index is 416. The lowest BCUT2D eigenvalue weighted by atomic mass is 10.1. The molecule has 0 saturated heterocycles. The first-order valence-corrected chi connectivity index (χ1v) is 7.07. The highest BCUT2D eigenvalue weighted by molar-refractivity contribution is 7.09. The van der Waals surface area contributed by atoms with Crippen molar-refractivity contribution in [1.29, 1.82) is 0 Å². The van der Waals surface area contributed by atoms with Crippen molar-refractivity contribution in [3.05, 3.63) is 22.4 Å². The van der Waals surface area contributed by atoms with Crippen molar-refractivity contribution in [2.24, 2.45) is 5.92 Å². The summed E-state index contributed by atoms with van der Waals surface area (Å²) in [6.45, 7) is 0. The molecule has 5 heteroatoms. The van der Waals surface area contributed by atoms with E-state index in [-0.39, 0.29) is 17.9 Å². The standard InChI is InChI=1S/C13H17NO3S/c15-12(6-5-11-2-1-7-18-11)14-10-4-3-9(8-10)13(16)17/h1-2,7,9-10H,3-6,8H2,(H,14,15)(H,16,17)/t9-,10+/m1/s1. The average Bonchev–Trinajstić information content (AvgIpc) is 2.96. The van der Waals surface area contributed by atoms with Crippen LogP contribution in [0.1, 0.15) is 30.6 Å². The second-order valence-electron chi connectivity index (χ2n) is 4.69. The SMILES string of the molecule is O=C(CCc1cccs1)N[C@H]1CC[C@@H](C(=O)O)C1. The summed E-state index contributed by atoms with van der Waals surface area (Å²) >= 11 is 1.65. The number of carbonyl (C=O) groups excluding carboxylic acids is 1. The van der Waals surface area contributed by atoms with E-state index in [0.29, 0.717) is 19.3 Å². The summed E-state index contributed by atoms with van der Waals surface area (Å²) in [4.78, 5) is 23.7. The van der Waals surface area contributed by atoms with E-state index in [1.165, 1.54) is 4.88 Å². The third-order valence-electron chi connectivity index (χ3n) is 3.33. The molecule has 0 aromatic carbocycles. The number of rotatable bonds is 5. The Morgan fingerprint density at radius 3 is 2.89 bits per heavy atom. The molecule has 2 N–H and O–H groups in total. The third-order valence-corrected chi connectivity index (χ3v) is 4.26. The Morgan fingerprint density at radius 1 is 1.44 bits per heavy atom. The fourth-order valence-electron chi connectivity index (χ4n) is 2.33. The normalized spacial score (nSPS) is 22.9. The van der Waals surface area contributed by atoms with E-state index < -0.39 is 5.97 Å². The highest BCUT2D eigenvalue weighted by Gasteiger charge is 2.30. The van der Waals surface area contributed by atoms with Gasteiger partial charge in [-0.05, 0) is 37.1 Å². The predicted molar refractivity (Wildman–Crippen MR) is 69.5 cm³/mol. The molecule has 18 heavy (non-hydrogen) atoms. The number of hydrogen-bond donors (Lipinski definition) is 2. The zero-order valence-electron chi connectivity index (χ0n) is 10.1. The van der Waals surface area contributed by atoms with Gasteiger partial charge in [-0.15, -0.1) is 11.3 Å². The molecule has 1 aliphatic rings. The molecule has 98 valence electrons. The van der Waals surface area contributed by atoms with Gasteiger partial charge in [0.15, 0.2) is 0 Å². The molecule has 0 bridgehead atoms. The smallest absolute Gasteiger partial charge is 0.306 e.